The molecule has 5 heteroatoms. The van der Waals surface area contributed by atoms with Gasteiger partial charge in [-0.3, -0.25) is 4.79 Å². The lowest BCUT2D eigenvalue weighted by molar-refractivity contribution is 0.100. The Hall–Kier alpha value is -1.26. The summed E-state index contributed by atoms with van der Waals surface area (Å²) in [5.74, 6) is -0.430. The number of carbonyl (C=O) groups excluding carboxylic acids is 1. The molecule has 0 saturated carbocycles. The number of amides is 1. The molecule has 1 saturated heterocycles. The Labute approximate surface area is 118 Å². The Kier molecular flexibility index (Phi) is 4.66. The van der Waals surface area contributed by atoms with Crippen LogP contribution in [-0.4, -0.2) is 37.0 Å². The van der Waals surface area contributed by atoms with Crippen LogP contribution in [0.15, 0.2) is 18.2 Å². The van der Waals surface area contributed by atoms with Gasteiger partial charge in [-0.15, -0.1) is 0 Å². The lowest BCUT2D eigenvalue weighted by atomic mass is 10.1. The summed E-state index contributed by atoms with van der Waals surface area (Å²) < 4.78 is 0. The van der Waals surface area contributed by atoms with Gasteiger partial charge in [-0.25, -0.2) is 0 Å². The predicted octanol–water partition coefficient (Wildman–Crippen LogP) is 2.34. The van der Waals surface area contributed by atoms with Crippen molar-refractivity contribution in [3.63, 3.8) is 0 Å². The van der Waals surface area contributed by atoms with E-state index in [1.54, 1.807) is 18.2 Å². The van der Waals surface area contributed by atoms with Gasteiger partial charge in [0.1, 0.15) is 0 Å². The first kappa shape index (κ1) is 14.2. The van der Waals surface area contributed by atoms with E-state index in [9.17, 15) is 4.79 Å². The summed E-state index contributed by atoms with van der Waals surface area (Å²) in [6, 6.07) is 5.49. The smallest absolute Gasteiger partial charge is 0.248 e. The van der Waals surface area contributed by atoms with Crippen LogP contribution in [0.1, 0.15) is 29.6 Å². The second-order valence-corrected chi connectivity index (χ2v) is 5.54. The summed E-state index contributed by atoms with van der Waals surface area (Å²) in [6.45, 7) is 2.21. The van der Waals surface area contributed by atoms with Crippen molar-refractivity contribution >= 4 is 23.2 Å². The number of likely N-dealkylation sites (tertiary alicyclic amines) is 1. The average Bonchev–Trinajstić information content (AvgIpc) is 2.57. The molecule has 1 atom stereocenters. The molecule has 0 bridgehead atoms. The molecule has 4 nitrogen and oxygen atoms in total. The summed E-state index contributed by atoms with van der Waals surface area (Å²) in [7, 11) is 2.14. The number of nitrogens with zero attached hydrogens (tertiary/aromatic N) is 1. The molecule has 104 valence electrons. The zero-order valence-electron chi connectivity index (χ0n) is 11.2. The summed E-state index contributed by atoms with van der Waals surface area (Å²) in [5, 5.41) is 4.07. The van der Waals surface area contributed by atoms with Gasteiger partial charge in [0.2, 0.25) is 5.91 Å². The third kappa shape index (κ3) is 3.85. The molecule has 1 amide bonds. The number of rotatable bonds is 3. The van der Waals surface area contributed by atoms with E-state index in [4.69, 9.17) is 17.3 Å². The SMILES string of the molecule is CN1CCCC(Nc2cc(C(N)=O)ccc2Cl)CC1. The third-order valence-electron chi connectivity index (χ3n) is 3.56. The van der Waals surface area contributed by atoms with E-state index in [0.29, 0.717) is 16.6 Å². The Morgan fingerprint density at radius 3 is 2.95 bits per heavy atom. The molecule has 3 N–H and O–H groups in total. The van der Waals surface area contributed by atoms with Crippen molar-refractivity contribution in [2.45, 2.75) is 25.3 Å². The Balaban J connectivity index is 2.09. The van der Waals surface area contributed by atoms with E-state index in [-0.39, 0.29) is 0 Å². The van der Waals surface area contributed by atoms with Crippen LogP contribution in [0.4, 0.5) is 5.69 Å². The van der Waals surface area contributed by atoms with E-state index >= 15 is 0 Å². The van der Waals surface area contributed by atoms with Crippen LogP contribution in [-0.2, 0) is 0 Å². The highest BCUT2D eigenvalue weighted by Gasteiger charge is 2.16. The van der Waals surface area contributed by atoms with Gasteiger partial charge < -0.3 is 16.0 Å². The van der Waals surface area contributed by atoms with E-state index in [0.717, 1.165) is 31.6 Å². The molecule has 19 heavy (non-hydrogen) atoms. The number of anilines is 1. The Morgan fingerprint density at radius 2 is 2.21 bits per heavy atom. The average molecular weight is 282 g/mol. The monoisotopic (exact) mass is 281 g/mol. The fourth-order valence-electron chi connectivity index (χ4n) is 2.39. The molecular formula is C14H20ClN3O. The zero-order valence-corrected chi connectivity index (χ0v) is 11.9. The van der Waals surface area contributed by atoms with Crippen LogP contribution < -0.4 is 11.1 Å². The minimum atomic E-state index is -0.430. The minimum absolute atomic E-state index is 0.394. The van der Waals surface area contributed by atoms with E-state index in [2.05, 4.69) is 17.3 Å². The van der Waals surface area contributed by atoms with Gasteiger partial charge in [0.25, 0.3) is 0 Å². The molecule has 0 spiro atoms. The highest BCUT2D eigenvalue weighted by Crippen LogP contribution is 2.25. The molecule has 1 unspecified atom stereocenters. The minimum Gasteiger partial charge on any atom is -0.381 e. The molecule has 0 aliphatic carbocycles. The molecule has 1 heterocycles. The summed E-state index contributed by atoms with van der Waals surface area (Å²) >= 11 is 6.16. The normalized spacial score (nSPS) is 20.8. The lowest BCUT2D eigenvalue weighted by Crippen LogP contribution is -2.23. The van der Waals surface area contributed by atoms with Crippen molar-refractivity contribution in [1.82, 2.24) is 4.90 Å². The lowest BCUT2D eigenvalue weighted by Gasteiger charge is -2.19. The number of nitrogens with one attached hydrogen (secondary N) is 1. The van der Waals surface area contributed by atoms with Crippen LogP contribution in [0, 0.1) is 0 Å². The Bertz CT molecular complexity index is 464. The molecule has 1 aliphatic rings. The van der Waals surface area contributed by atoms with Gasteiger partial charge in [0.15, 0.2) is 0 Å². The number of carbonyl (C=O) groups is 1. The van der Waals surface area contributed by atoms with Crippen LogP contribution in [0.5, 0.6) is 0 Å². The molecule has 1 fully saturated rings. The topological polar surface area (TPSA) is 58.4 Å². The second-order valence-electron chi connectivity index (χ2n) is 5.13. The summed E-state index contributed by atoms with van der Waals surface area (Å²) in [5.41, 5.74) is 6.58. The third-order valence-corrected chi connectivity index (χ3v) is 3.89. The van der Waals surface area contributed by atoms with Gasteiger partial charge in [0, 0.05) is 11.6 Å². The van der Waals surface area contributed by atoms with E-state index in [1.807, 2.05) is 0 Å². The molecule has 2 rings (SSSR count). The highest BCUT2D eigenvalue weighted by atomic mass is 35.5. The van der Waals surface area contributed by atoms with Gasteiger partial charge in [0.05, 0.1) is 10.7 Å². The van der Waals surface area contributed by atoms with Crippen LogP contribution in [0.25, 0.3) is 0 Å². The van der Waals surface area contributed by atoms with Crippen molar-refractivity contribution in [2.75, 3.05) is 25.5 Å². The molecule has 1 aromatic carbocycles. The quantitative estimate of drug-likeness (QED) is 0.894. The van der Waals surface area contributed by atoms with E-state index in [1.165, 1.54) is 6.42 Å². The number of hydrogen-bond donors (Lipinski definition) is 2. The number of hydrogen-bond acceptors (Lipinski definition) is 3. The van der Waals surface area contributed by atoms with E-state index < -0.39 is 5.91 Å². The predicted molar refractivity (Wildman–Crippen MR) is 78.7 cm³/mol. The van der Waals surface area contributed by atoms with Gasteiger partial charge >= 0.3 is 0 Å². The summed E-state index contributed by atoms with van der Waals surface area (Å²) in [6.07, 6.45) is 3.36. The first-order chi connectivity index (χ1) is 9.06. The molecular weight excluding hydrogens is 262 g/mol. The molecule has 1 aliphatic heterocycles. The van der Waals surface area contributed by atoms with Crippen molar-refractivity contribution in [2.24, 2.45) is 5.73 Å². The largest absolute Gasteiger partial charge is 0.381 e. The van der Waals surface area contributed by atoms with Crippen LogP contribution in [0.3, 0.4) is 0 Å². The number of halogens is 1. The standard InChI is InChI=1S/C14H20ClN3O/c1-18-7-2-3-11(6-8-18)17-13-9-10(14(16)19)4-5-12(13)15/h4-5,9,11,17H,2-3,6-8H2,1H3,(H2,16,19). The van der Waals surface area contributed by atoms with Crippen molar-refractivity contribution in [1.29, 1.82) is 0 Å². The maximum Gasteiger partial charge on any atom is 0.248 e. The first-order valence-corrected chi connectivity index (χ1v) is 6.98. The van der Waals surface area contributed by atoms with Gasteiger partial charge in [-0.1, -0.05) is 11.6 Å². The van der Waals surface area contributed by atoms with Crippen LogP contribution >= 0.6 is 11.6 Å². The zero-order chi connectivity index (χ0) is 13.8. The number of nitrogens with two attached hydrogens (primary N) is 1. The summed E-state index contributed by atoms with van der Waals surface area (Å²) in [4.78, 5) is 13.5. The first-order valence-electron chi connectivity index (χ1n) is 6.60. The highest BCUT2D eigenvalue weighted by molar-refractivity contribution is 6.33. The van der Waals surface area contributed by atoms with Crippen molar-refractivity contribution in [3.8, 4) is 0 Å². The number of benzene rings is 1. The van der Waals surface area contributed by atoms with Crippen molar-refractivity contribution in [3.05, 3.63) is 28.8 Å². The molecule has 0 aromatic heterocycles. The van der Waals surface area contributed by atoms with Gasteiger partial charge in [-0.05, 0) is 57.6 Å². The molecule has 1 aromatic rings. The maximum absolute atomic E-state index is 11.2. The van der Waals surface area contributed by atoms with Gasteiger partial charge in [-0.2, -0.15) is 0 Å². The fourth-order valence-corrected chi connectivity index (χ4v) is 2.57. The Morgan fingerprint density at radius 1 is 1.42 bits per heavy atom. The maximum atomic E-state index is 11.2. The molecule has 0 radical (unpaired) electrons. The van der Waals surface area contributed by atoms with Crippen LogP contribution in [0.2, 0.25) is 5.02 Å². The van der Waals surface area contributed by atoms with Crippen molar-refractivity contribution < 1.29 is 4.79 Å². The number of primary amides is 1. The second kappa shape index (κ2) is 6.26. The fraction of sp³-hybridized carbons (Fsp3) is 0.500.